The fraction of sp³-hybridized carbons (Fsp3) is 0.977. The van der Waals surface area contributed by atoms with Gasteiger partial charge in [-0.25, -0.2) is 0 Å². The molecule has 0 aromatic heterocycles. The molecule has 0 aliphatic carbocycles. The Morgan fingerprint density at radius 2 is 1.00 bits per heavy atom. The molecule has 0 saturated carbocycles. The van der Waals surface area contributed by atoms with Crippen LogP contribution in [0.4, 0.5) is 0 Å². The molecule has 14 heteroatoms. The Labute approximate surface area is 343 Å². The average Bonchev–Trinajstić information content (AvgIpc) is 3.21. The van der Waals surface area contributed by atoms with Gasteiger partial charge in [0.1, 0.15) is 48.8 Å². The Bertz CT molecular complexity index is 977. The highest BCUT2D eigenvalue weighted by molar-refractivity contribution is 5.76. The molecule has 2 aliphatic heterocycles. The smallest absolute Gasteiger partial charge is 0.220 e. The molecule has 0 bridgehead atoms. The topological polar surface area (TPSA) is 228 Å². The monoisotopic (exact) mass is 822 g/mol. The van der Waals surface area contributed by atoms with E-state index in [1.165, 1.54) is 96.3 Å². The molecule has 2 heterocycles. The number of aliphatic hydroxyl groups is 8. The fourth-order valence-electron chi connectivity index (χ4n) is 7.76. The van der Waals surface area contributed by atoms with Crippen LogP contribution in [-0.2, 0) is 23.7 Å². The van der Waals surface area contributed by atoms with E-state index in [-0.39, 0.29) is 12.5 Å². The maximum Gasteiger partial charge on any atom is 0.220 e. The lowest BCUT2D eigenvalue weighted by molar-refractivity contribution is -0.359. The Morgan fingerprint density at radius 3 is 1.49 bits per heavy atom. The zero-order valence-electron chi connectivity index (χ0n) is 35.3. The van der Waals surface area contributed by atoms with Crippen LogP contribution in [-0.4, -0.2) is 140 Å². The van der Waals surface area contributed by atoms with Gasteiger partial charge in [0.05, 0.1) is 32.0 Å². The Morgan fingerprint density at radius 1 is 0.561 bits per heavy atom. The third-order valence-electron chi connectivity index (χ3n) is 11.6. The standard InChI is InChI=1S/C43H83NO13/c1-3-5-7-9-10-11-12-13-14-15-16-17-18-19-20-21-22-23-24-26-32(47)31(44-35(48)27-25-8-6-4-2)30-54-42-40(53)38(51)41(34(29-46)56-42)57-43-39(52)37(50)36(49)33(28-45)55-43/h31-34,36-43,45-47,49-53H,3-30H2,1-2H3,(H,44,48). The predicted molar refractivity (Wildman–Crippen MR) is 217 cm³/mol. The molecule has 0 spiro atoms. The lowest BCUT2D eigenvalue weighted by atomic mass is 9.97. The number of rotatable bonds is 34. The van der Waals surface area contributed by atoms with Crippen molar-refractivity contribution in [3.05, 3.63) is 0 Å². The summed E-state index contributed by atoms with van der Waals surface area (Å²) in [6, 6.07) is -0.817. The maximum atomic E-state index is 12.9. The summed E-state index contributed by atoms with van der Waals surface area (Å²) < 4.78 is 22.6. The third kappa shape index (κ3) is 20.4. The summed E-state index contributed by atoms with van der Waals surface area (Å²) in [5.41, 5.74) is 0. The molecule has 0 aromatic carbocycles. The normalized spacial score (nSPS) is 29.0. The number of carbonyl (C=O) groups is 1. The number of aliphatic hydroxyl groups excluding tert-OH is 8. The number of carbonyl (C=O) groups excluding carboxylic acids is 1. The summed E-state index contributed by atoms with van der Waals surface area (Å²) in [4.78, 5) is 12.9. The van der Waals surface area contributed by atoms with Crippen LogP contribution in [0.1, 0.15) is 174 Å². The van der Waals surface area contributed by atoms with Gasteiger partial charge in [0.2, 0.25) is 5.91 Å². The van der Waals surface area contributed by atoms with E-state index in [1.54, 1.807) is 0 Å². The summed E-state index contributed by atoms with van der Waals surface area (Å²) in [5.74, 6) is -0.224. The number of ether oxygens (including phenoxy) is 4. The molecule has 14 nitrogen and oxygen atoms in total. The highest BCUT2D eigenvalue weighted by Gasteiger charge is 2.51. The molecular weight excluding hydrogens is 738 g/mol. The fourth-order valence-corrected chi connectivity index (χ4v) is 7.76. The van der Waals surface area contributed by atoms with Gasteiger partial charge in [-0.1, -0.05) is 155 Å². The highest BCUT2D eigenvalue weighted by Crippen LogP contribution is 2.30. The molecule has 57 heavy (non-hydrogen) atoms. The summed E-state index contributed by atoms with van der Waals surface area (Å²) in [5, 5.41) is 86.2. The molecule has 2 saturated heterocycles. The molecule has 0 aromatic rings. The van der Waals surface area contributed by atoms with Crippen LogP contribution in [0, 0.1) is 0 Å². The van der Waals surface area contributed by atoms with Crippen molar-refractivity contribution in [3.63, 3.8) is 0 Å². The SMILES string of the molecule is CCCCCCCCCCCCCCCCCCCCCC(O)C(COC1OC(CO)C(OC2OC(CO)C(O)C(O)C2O)C(O)C1O)NC(=O)CCCCCC. The maximum absolute atomic E-state index is 12.9. The van der Waals surface area contributed by atoms with E-state index in [9.17, 15) is 45.6 Å². The molecule has 2 fully saturated rings. The molecule has 338 valence electrons. The first-order valence-electron chi connectivity index (χ1n) is 22.8. The van der Waals surface area contributed by atoms with Crippen molar-refractivity contribution in [3.8, 4) is 0 Å². The van der Waals surface area contributed by atoms with Gasteiger partial charge in [0.25, 0.3) is 0 Å². The van der Waals surface area contributed by atoms with Crippen LogP contribution in [0.15, 0.2) is 0 Å². The van der Waals surface area contributed by atoms with Crippen molar-refractivity contribution in [2.24, 2.45) is 0 Å². The second-order valence-electron chi connectivity index (χ2n) is 16.5. The van der Waals surface area contributed by atoms with E-state index in [2.05, 4.69) is 19.2 Å². The first kappa shape index (κ1) is 52.1. The summed E-state index contributed by atoms with van der Waals surface area (Å²) in [6.45, 7) is 2.71. The summed E-state index contributed by atoms with van der Waals surface area (Å²) >= 11 is 0. The Kier molecular flexibility index (Phi) is 29.1. The van der Waals surface area contributed by atoms with Crippen molar-refractivity contribution in [1.29, 1.82) is 0 Å². The van der Waals surface area contributed by atoms with Crippen molar-refractivity contribution in [1.82, 2.24) is 5.32 Å². The molecule has 2 rings (SSSR count). The number of amides is 1. The molecular formula is C43H83NO13. The summed E-state index contributed by atoms with van der Waals surface area (Å²) in [6.07, 6.45) is 11.9. The first-order valence-corrected chi connectivity index (χ1v) is 22.8. The van der Waals surface area contributed by atoms with Crippen molar-refractivity contribution in [2.45, 2.75) is 248 Å². The minimum absolute atomic E-state index is 0.224. The molecule has 2 aliphatic rings. The van der Waals surface area contributed by atoms with Crippen LogP contribution < -0.4 is 5.32 Å². The predicted octanol–water partition coefficient (Wildman–Crippen LogP) is 4.27. The largest absolute Gasteiger partial charge is 0.394 e. The van der Waals surface area contributed by atoms with Crippen LogP contribution in [0.2, 0.25) is 0 Å². The van der Waals surface area contributed by atoms with Crippen LogP contribution >= 0.6 is 0 Å². The van der Waals surface area contributed by atoms with E-state index < -0.39 is 86.8 Å². The zero-order chi connectivity index (χ0) is 41.8. The van der Waals surface area contributed by atoms with Crippen LogP contribution in [0.3, 0.4) is 0 Å². The number of unbranched alkanes of at least 4 members (excludes halogenated alkanes) is 21. The second-order valence-corrected chi connectivity index (χ2v) is 16.5. The van der Waals surface area contributed by atoms with E-state index in [0.717, 1.165) is 44.9 Å². The lowest BCUT2D eigenvalue weighted by Crippen LogP contribution is -2.65. The molecule has 1 amide bonds. The van der Waals surface area contributed by atoms with Gasteiger partial charge in [-0.15, -0.1) is 0 Å². The van der Waals surface area contributed by atoms with Gasteiger partial charge >= 0.3 is 0 Å². The molecule has 12 unspecified atom stereocenters. The van der Waals surface area contributed by atoms with E-state index in [1.807, 2.05) is 0 Å². The third-order valence-corrected chi connectivity index (χ3v) is 11.6. The van der Waals surface area contributed by atoms with Gasteiger partial charge < -0.3 is 65.1 Å². The van der Waals surface area contributed by atoms with Gasteiger partial charge in [0.15, 0.2) is 12.6 Å². The van der Waals surface area contributed by atoms with Gasteiger partial charge in [-0.3, -0.25) is 4.79 Å². The van der Waals surface area contributed by atoms with Crippen LogP contribution in [0.25, 0.3) is 0 Å². The van der Waals surface area contributed by atoms with Crippen molar-refractivity contribution < 1.29 is 64.6 Å². The second kappa shape index (κ2) is 31.8. The lowest BCUT2D eigenvalue weighted by Gasteiger charge is -2.46. The Balaban J connectivity index is 1.76. The minimum atomic E-state index is -1.78. The van der Waals surface area contributed by atoms with E-state index in [4.69, 9.17) is 18.9 Å². The molecule has 0 radical (unpaired) electrons. The Hall–Kier alpha value is -1.01. The first-order chi connectivity index (χ1) is 27.6. The quantitative estimate of drug-likeness (QED) is 0.0414. The van der Waals surface area contributed by atoms with E-state index >= 15 is 0 Å². The number of nitrogens with one attached hydrogen (secondary N) is 1. The number of hydrogen-bond acceptors (Lipinski definition) is 13. The van der Waals surface area contributed by atoms with Gasteiger partial charge in [0, 0.05) is 6.42 Å². The number of hydrogen-bond donors (Lipinski definition) is 9. The molecule has 9 N–H and O–H groups in total. The van der Waals surface area contributed by atoms with Crippen molar-refractivity contribution in [2.75, 3.05) is 19.8 Å². The van der Waals surface area contributed by atoms with E-state index in [0.29, 0.717) is 19.3 Å². The van der Waals surface area contributed by atoms with Gasteiger partial charge in [-0.05, 0) is 12.8 Å². The van der Waals surface area contributed by atoms with Crippen LogP contribution in [0.5, 0.6) is 0 Å². The zero-order valence-corrected chi connectivity index (χ0v) is 35.3. The summed E-state index contributed by atoms with van der Waals surface area (Å²) in [7, 11) is 0. The molecule has 12 atom stereocenters. The van der Waals surface area contributed by atoms with Crippen molar-refractivity contribution >= 4 is 5.91 Å². The average molecular weight is 822 g/mol. The minimum Gasteiger partial charge on any atom is -0.394 e. The van der Waals surface area contributed by atoms with Gasteiger partial charge in [-0.2, -0.15) is 0 Å². The highest BCUT2D eigenvalue weighted by atomic mass is 16.7.